The molecule has 5 heteroatoms. The van der Waals surface area contributed by atoms with Crippen LogP contribution in [0.4, 0.5) is 0 Å². The van der Waals surface area contributed by atoms with Crippen LogP contribution in [0.5, 0.6) is 5.75 Å². The van der Waals surface area contributed by atoms with Crippen LogP contribution in [0.15, 0.2) is 34.1 Å². The summed E-state index contributed by atoms with van der Waals surface area (Å²) in [5.41, 5.74) is 1.10. The zero-order chi connectivity index (χ0) is 13.1. The second kappa shape index (κ2) is 5.54. The Morgan fingerprint density at radius 3 is 2.83 bits per heavy atom. The van der Waals surface area contributed by atoms with Gasteiger partial charge in [-0.2, -0.15) is 0 Å². The molecule has 1 N–H and O–H groups in total. The van der Waals surface area contributed by atoms with Gasteiger partial charge in [-0.15, -0.1) is 11.3 Å². The first-order valence-electron chi connectivity index (χ1n) is 5.26. The first-order valence-corrected chi connectivity index (χ1v) is 6.93. The van der Waals surface area contributed by atoms with Crippen LogP contribution in [0.25, 0.3) is 0 Å². The van der Waals surface area contributed by atoms with Gasteiger partial charge in [0.1, 0.15) is 17.9 Å². The largest absolute Gasteiger partial charge is 0.487 e. The van der Waals surface area contributed by atoms with Gasteiger partial charge >= 0.3 is 5.97 Å². The third-order valence-corrected chi connectivity index (χ3v) is 4.03. The highest BCUT2D eigenvalue weighted by atomic mass is 79.9. The summed E-state index contributed by atoms with van der Waals surface area (Å²) in [6.07, 6.45) is 0. The number of ether oxygens (including phenoxy) is 1. The summed E-state index contributed by atoms with van der Waals surface area (Å²) in [5, 5.41) is 11.1. The predicted molar refractivity (Wildman–Crippen MR) is 74.5 cm³/mol. The maximum Gasteiger partial charge on any atom is 0.339 e. The van der Waals surface area contributed by atoms with Gasteiger partial charge in [-0.1, -0.05) is 11.6 Å². The van der Waals surface area contributed by atoms with Crippen molar-refractivity contribution in [1.82, 2.24) is 0 Å². The summed E-state index contributed by atoms with van der Waals surface area (Å²) in [4.78, 5) is 12.1. The van der Waals surface area contributed by atoms with E-state index in [1.54, 1.807) is 23.5 Å². The lowest BCUT2D eigenvalue weighted by atomic mass is 10.1. The Bertz CT molecular complexity index is 577. The van der Waals surface area contributed by atoms with E-state index in [0.29, 0.717) is 12.4 Å². The molecule has 1 aromatic heterocycles. The highest BCUT2D eigenvalue weighted by Gasteiger charge is 2.11. The molecule has 0 amide bonds. The number of carboxylic acids is 1. The van der Waals surface area contributed by atoms with Gasteiger partial charge in [-0.3, -0.25) is 0 Å². The van der Waals surface area contributed by atoms with E-state index in [4.69, 9.17) is 9.84 Å². The zero-order valence-electron chi connectivity index (χ0n) is 9.64. The van der Waals surface area contributed by atoms with E-state index >= 15 is 0 Å². The minimum absolute atomic E-state index is 0.200. The number of hydrogen-bond donors (Lipinski definition) is 1. The number of hydrogen-bond acceptors (Lipinski definition) is 3. The molecule has 0 spiro atoms. The molecule has 2 aromatic rings. The predicted octanol–water partition coefficient (Wildman–Crippen LogP) is 4.10. The molecule has 0 aliphatic carbocycles. The zero-order valence-corrected chi connectivity index (χ0v) is 12.0. The Morgan fingerprint density at radius 1 is 1.44 bits per heavy atom. The number of carboxylic acid groups (broad SMARTS) is 1. The van der Waals surface area contributed by atoms with Gasteiger partial charge in [-0.25, -0.2) is 4.79 Å². The van der Waals surface area contributed by atoms with Crippen LogP contribution in [0.1, 0.15) is 20.8 Å². The minimum Gasteiger partial charge on any atom is -0.487 e. The molecule has 0 saturated carbocycles. The molecule has 0 bridgehead atoms. The molecular formula is C13H11BrO3S. The lowest BCUT2D eigenvalue weighted by Crippen LogP contribution is -2.03. The van der Waals surface area contributed by atoms with Crippen molar-refractivity contribution in [3.05, 3.63) is 50.1 Å². The number of thiophene rings is 1. The Kier molecular flexibility index (Phi) is 4.04. The average Bonchev–Trinajstić information content (AvgIpc) is 2.73. The van der Waals surface area contributed by atoms with E-state index in [9.17, 15) is 4.79 Å². The summed E-state index contributed by atoms with van der Waals surface area (Å²) in [7, 11) is 0. The van der Waals surface area contributed by atoms with Crippen LogP contribution in [-0.4, -0.2) is 11.1 Å². The molecule has 0 aliphatic heterocycles. The van der Waals surface area contributed by atoms with Gasteiger partial charge in [-0.05, 0) is 41.1 Å². The van der Waals surface area contributed by atoms with Crippen LogP contribution in [0, 0.1) is 6.92 Å². The molecule has 0 saturated heterocycles. The number of benzene rings is 1. The average molecular weight is 327 g/mol. The van der Waals surface area contributed by atoms with E-state index in [0.717, 1.165) is 14.9 Å². The number of aryl methyl sites for hydroxylation is 1. The summed E-state index contributed by atoms with van der Waals surface area (Å²) in [6.45, 7) is 2.23. The molecule has 18 heavy (non-hydrogen) atoms. The van der Waals surface area contributed by atoms with Crippen LogP contribution in [0.2, 0.25) is 0 Å². The number of rotatable bonds is 4. The summed E-state index contributed by atoms with van der Waals surface area (Å²) < 4.78 is 6.57. The van der Waals surface area contributed by atoms with Gasteiger partial charge in [0.15, 0.2) is 0 Å². The fraction of sp³-hybridized carbons (Fsp3) is 0.154. The summed E-state index contributed by atoms with van der Waals surface area (Å²) in [5.74, 6) is -0.571. The number of aromatic carboxylic acids is 1. The second-order valence-electron chi connectivity index (χ2n) is 3.82. The summed E-state index contributed by atoms with van der Waals surface area (Å²) in [6, 6.07) is 7.11. The molecule has 2 rings (SSSR count). The van der Waals surface area contributed by atoms with E-state index in [1.807, 2.05) is 24.4 Å². The lowest BCUT2D eigenvalue weighted by Gasteiger charge is -2.08. The Morgan fingerprint density at radius 2 is 2.22 bits per heavy atom. The maximum atomic E-state index is 11.1. The topological polar surface area (TPSA) is 46.5 Å². The standard InChI is InChI=1S/C13H11BrO3S/c1-8-2-3-12(11(4-8)13(15)16)17-6-10-5-9(14)7-18-10/h2-5,7H,6H2,1H3,(H,15,16). The SMILES string of the molecule is Cc1ccc(OCc2cc(Br)cs2)c(C(=O)O)c1. The molecule has 1 heterocycles. The fourth-order valence-electron chi connectivity index (χ4n) is 1.52. The van der Waals surface area contributed by atoms with Crippen molar-refractivity contribution < 1.29 is 14.6 Å². The Labute approximate surface area is 117 Å². The van der Waals surface area contributed by atoms with E-state index in [-0.39, 0.29) is 5.56 Å². The van der Waals surface area contributed by atoms with Gasteiger partial charge in [0.05, 0.1) is 0 Å². The first-order chi connectivity index (χ1) is 8.56. The summed E-state index contributed by atoms with van der Waals surface area (Å²) >= 11 is 4.93. The number of carbonyl (C=O) groups is 1. The van der Waals surface area contributed by atoms with Gasteiger partial charge in [0.2, 0.25) is 0 Å². The van der Waals surface area contributed by atoms with Crippen molar-refractivity contribution in [3.63, 3.8) is 0 Å². The van der Waals surface area contributed by atoms with Crippen LogP contribution in [-0.2, 0) is 6.61 Å². The van der Waals surface area contributed by atoms with Gasteiger partial charge < -0.3 is 9.84 Å². The molecule has 94 valence electrons. The van der Waals surface area contributed by atoms with Crippen LogP contribution in [0.3, 0.4) is 0 Å². The second-order valence-corrected chi connectivity index (χ2v) is 5.74. The van der Waals surface area contributed by atoms with Crippen molar-refractivity contribution in [3.8, 4) is 5.75 Å². The molecule has 3 nitrogen and oxygen atoms in total. The van der Waals surface area contributed by atoms with E-state index in [2.05, 4.69) is 15.9 Å². The normalized spacial score (nSPS) is 10.3. The van der Waals surface area contributed by atoms with Crippen molar-refractivity contribution in [1.29, 1.82) is 0 Å². The van der Waals surface area contributed by atoms with Crippen molar-refractivity contribution in [2.24, 2.45) is 0 Å². The molecule has 0 atom stereocenters. The highest BCUT2D eigenvalue weighted by molar-refractivity contribution is 9.10. The monoisotopic (exact) mass is 326 g/mol. The van der Waals surface area contributed by atoms with Crippen molar-refractivity contribution in [2.75, 3.05) is 0 Å². The molecule has 0 fully saturated rings. The van der Waals surface area contributed by atoms with Crippen molar-refractivity contribution >= 4 is 33.2 Å². The third-order valence-electron chi connectivity index (χ3n) is 2.36. The van der Waals surface area contributed by atoms with Gasteiger partial charge in [0, 0.05) is 14.7 Å². The highest BCUT2D eigenvalue weighted by Crippen LogP contribution is 2.24. The van der Waals surface area contributed by atoms with Crippen LogP contribution < -0.4 is 4.74 Å². The molecule has 0 unspecified atom stereocenters. The van der Waals surface area contributed by atoms with Crippen molar-refractivity contribution in [2.45, 2.75) is 13.5 Å². The molecule has 0 aliphatic rings. The third kappa shape index (κ3) is 3.11. The Hall–Kier alpha value is -1.33. The smallest absolute Gasteiger partial charge is 0.339 e. The van der Waals surface area contributed by atoms with E-state index < -0.39 is 5.97 Å². The molecule has 1 aromatic carbocycles. The first kappa shape index (κ1) is 13.1. The quantitative estimate of drug-likeness (QED) is 0.920. The van der Waals surface area contributed by atoms with Crippen LogP contribution >= 0.6 is 27.3 Å². The fourth-order valence-corrected chi connectivity index (χ4v) is 2.88. The minimum atomic E-state index is -0.971. The molecule has 0 radical (unpaired) electrons. The Balaban J connectivity index is 2.16. The molecular weight excluding hydrogens is 316 g/mol. The van der Waals surface area contributed by atoms with Gasteiger partial charge in [0.25, 0.3) is 0 Å². The number of halogens is 1. The van der Waals surface area contributed by atoms with E-state index in [1.165, 1.54) is 0 Å². The lowest BCUT2D eigenvalue weighted by molar-refractivity contribution is 0.0691. The maximum absolute atomic E-state index is 11.1.